The van der Waals surface area contributed by atoms with Crippen LogP contribution < -0.4 is 15.8 Å². The predicted octanol–water partition coefficient (Wildman–Crippen LogP) is 1.19. The maximum atomic E-state index is 11.6. The van der Waals surface area contributed by atoms with Crippen LogP contribution in [0.4, 0.5) is 5.82 Å². The van der Waals surface area contributed by atoms with Crippen molar-refractivity contribution in [1.29, 1.82) is 0 Å². The van der Waals surface area contributed by atoms with Gasteiger partial charge in [-0.05, 0) is 39.2 Å². The van der Waals surface area contributed by atoms with Gasteiger partial charge < -0.3 is 15.2 Å². The van der Waals surface area contributed by atoms with Crippen LogP contribution in [0.15, 0.2) is 10.9 Å². The molecule has 2 heterocycles. The molecule has 5 nitrogen and oxygen atoms in total. The second-order valence-electron chi connectivity index (χ2n) is 5.72. The van der Waals surface area contributed by atoms with Crippen LogP contribution >= 0.6 is 0 Å². The van der Waals surface area contributed by atoms with E-state index in [9.17, 15) is 4.79 Å². The van der Waals surface area contributed by atoms with Crippen LogP contribution in [0.2, 0.25) is 0 Å². The molecule has 1 aromatic rings. The molecule has 1 aromatic heterocycles. The number of hydrogen-bond donors (Lipinski definition) is 2. The van der Waals surface area contributed by atoms with E-state index in [2.05, 4.69) is 20.2 Å². The van der Waals surface area contributed by atoms with Gasteiger partial charge in [-0.3, -0.25) is 4.79 Å². The van der Waals surface area contributed by atoms with E-state index in [0.717, 1.165) is 18.9 Å². The highest BCUT2D eigenvalue weighted by atomic mass is 16.1. The van der Waals surface area contributed by atoms with E-state index in [-0.39, 0.29) is 5.56 Å². The lowest BCUT2D eigenvalue weighted by atomic mass is 10.0. The number of nitrogens with zero attached hydrogens (tertiary/aromatic N) is 2. The fraction of sp³-hybridized carbons (Fsp3) is 0.714. The maximum Gasteiger partial charge on any atom is 0.252 e. The third kappa shape index (κ3) is 3.15. The highest BCUT2D eigenvalue weighted by Gasteiger charge is 2.32. The number of piperidine rings is 1. The van der Waals surface area contributed by atoms with E-state index in [1.165, 1.54) is 32.1 Å². The number of rotatable bonds is 4. The summed E-state index contributed by atoms with van der Waals surface area (Å²) < 4.78 is 0. The van der Waals surface area contributed by atoms with Crippen molar-refractivity contribution in [3.05, 3.63) is 22.2 Å². The van der Waals surface area contributed by atoms with Gasteiger partial charge in [0.15, 0.2) is 0 Å². The molecule has 1 saturated carbocycles. The highest BCUT2D eigenvalue weighted by Crippen LogP contribution is 2.30. The van der Waals surface area contributed by atoms with Crippen LogP contribution in [-0.2, 0) is 0 Å². The lowest BCUT2D eigenvalue weighted by molar-refractivity contribution is 0.397. The highest BCUT2D eigenvalue weighted by molar-refractivity contribution is 5.41. The second kappa shape index (κ2) is 5.33. The summed E-state index contributed by atoms with van der Waals surface area (Å²) >= 11 is 0. The molecule has 2 fully saturated rings. The molecule has 1 aliphatic carbocycles. The zero-order chi connectivity index (χ0) is 13.2. The summed E-state index contributed by atoms with van der Waals surface area (Å²) in [5.41, 5.74) is -0.0512. The van der Waals surface area contributed by atoms with Crippen molar-refractivity contribution in [1.82, 2.24) is 15.3 Å². The van der Waals surface area contributed by atoms with Crippen molar-refractivity contribution in [2.75, 3.05) is 18.0 Å². The maximum absolute atomic E-state index is 11.6. The molecule has 2 aliphatic rings. The molecule has 0 radical (unpaired) electrons. The fourth-order valence-electron chi connectivity index (χ4n) is 2.84. The summed E-state index contributed by atoms with van der Waals surface area (Å²) in [5, 5.41) is 3.58. The molecule has 1 saturated heterocycles. The van der Waals surface area contributed by atoms with Gasteiger partial charge in [-0.1, -0.05) is 6.42 Å². The molecule has 1 atom stereocenters. The summed E-state index contributed by atoms with van der Waals surface area (Å²) in [6.07, 6.45) is 6.26. The van der Waals surface area contributed by atoms with Crippen LogP contribution in [0.1, 0.15) is 37.9 Å². The third-order valence-electron chi connectivity index (χ3n) is 3.96. The van der Waals surface area contributed by atoms with Gasteiger partial charge in [0.2, 0.25) is 0 Å². The Labute approximate surface area is 113 Å². The van der Waals surface area contributed by atoms with Crippen molar-refractivity contribution in [3.63, 3.8) is 0 Å². The van der Waals surface area contributed by atoms with E-state index in [1.54, 1.807) is 6.07 Å². The Hall–Kier alpha value is -1.36. The normalized spacial score (nSPS) is 23.3. The molecule has 1 aliphatic heterocycles. The average molecular weight is 262 g/mol. The number of aromatic nitrogens is 2. The topological polar surface area (TPSA) is 61.0 Å². The molecule has 0 spiro atoms. The van der Waals surface area contributed by atoms with Crippen molar-refractivity contribution in [2.24, 2.45) is 0 Å². The molecule has 3 rings (SSSR count). The first-order valence-corrected chi connectivity index (χ1v) is 7.30. The van der Waals surface area contributed by atoms with Crippen molar-refractivity contribution in [2.45, 2.75) is 51.1 Å². The molecule has 2 N–H and O–H groups in total. The Morgan fingerprint density at radius 2 is 2.21 bits per heavy atom. The molecule has 19 heavy (non-hydrogen) atoms. The first-order valence-electron chi connectivity index (χ1n) is 7.30. The molecule has 104 valence electrons. The summed E-state index contributed by atoms with van der Waals surface area (Å²) in [6, 6.07) is 2.75. The smallest absolute Gasteiger partial charge is 0.252 e. The molecule has 5 heteroatoms. The zero-order valence-corrected chi connectivity index (χ0v) is 11.5. The van der Waals surface area contributed by atoms with Gasteiger partial charge in [-0.25, -0.2) is 4.98 Å². The van der Waals surface area contributed by atoms with Gasteiger partial charge in [0.1, 0.15) is 11.6 Å². The molecular weight excluding hydrogens is 240 g/mol. The van der Waals surface area contributed by atoms with E-state index < -0.39 is 0 Å². The Morgan fingerprint density at radius 1 is 1.37 bits per heavy atom. The van der Waals surface area contributed by atoms with Crippen LogP contribution in [0, 0.1) is 6.92 Å². The summed E-state index contributed by atoms with van der Waals surface area (Å²) in [7, 11) is 0. The van der Waals surface area contributed by atoms with Gasteiger partial charge in [-0.2, -0.15) is 0 Å². The van der Waals surface area contributed by atoms with Gasteiger partial charge in [-0.15, -0.1) is 0 Å². The first-order chi connectivity index (χ1) is 9.22. The van der Waals surface area contributed by atoms with E-state index >= 15 is 0 Å². The number of H-pyrrole nitrogens is 1. The van der Waals surface area contributed by atoms with Crippen LogP contribution in [0.3, 0.4) is 0 Å². The number of aryl methyl sites for hydroxylation is 1. The van der Waals surface area contributed by atoms with Crippen LogP contribution in [0.25, 0.3) is 0 Å². The zero-order valence-electron chi connectivity index (χ0n) is 11.5. The Balaban J connectivity index is 1.77. The Kier molecular flexibility index (Phi) is 3.55. The Bertz CT molecular complexity index is 488. The lowest BCUT2D eigenvalue weighted by Gasteiger charge is -2.31. The van der Waals surface area contributed by atoms with Gasteiger partial charge >= 0.3 is 0 Å². The monoisotopic (exact) mass is 262 g/mol. The second-order valence-corrected chi connectivity index (χ2v) is 5.72. The molecule has 0 amide bonds. The van der Waals surface area contributed by atoms with Crippen molar-refractivity contribution < 1.29 is 0 Å². The minimum atomic E-state index is -0.0512. The summed E-state index contributed by atoms with van der Waals surface area (Å²) in [5.74, 6) is 1.54. The van der Waals surface area contributed by atoms with Gasteiger partial charge in [0.25, 0.3) is 5.56 Å². The fourth-order valence-corrected chi connectivity index (χ4v) is 2.84. The molecule has 0 aromatic carbocycles. The third-order valence-corrected chi connectivity index (χ3v) is 3.96. The number of aromatic amines is 1. The lowest BCUT2D eigenvalue weighted by Crippen LogP contribution is -2.45. The SMILES string of the molecule is Cc1nc(N(CC2CCCCN2)C2CC2)cc(=O)[nH]1. The van der Waals surface area contributed by atoms with Crippen LogP contribution in [0.5, 0.6) is 0 Å². The quantitative estimate of drug-likeness (QED) is 0.855. The number of anilines is 1. The van der Waals surface area contributed by atoms with Crippen molar-refractivity contribution >= 4 is 5.82 Å². The predicted molar refractivity (Wildman–Crippen MR) is 75.6 cm³/mol. The summed E-state index contributed by atoms with van der Waals surface area (Å²) in [6.45, 7) is 3.93. The standard InChI is InChI=1S/C14H22N4O/c1-10-16-13(8-14(19)17-10)18(12-5-6-12)9-11-4-2-3-7-15-11/h8,11-12,15H,2-7,9H2,1H3,(H,16,17,19). The number of nitrogens with one attached hydrogen (secondary N) is 2. The molecule has 1 unspecified atom stereocenters. The van der Waals surface area contributed by atoms with Gasteiger partial charge in [0, 0.05) is 24.7 Å². The largest absolute Gasteiger partial charge is 0.352 e. The summed E-state index contributed by atoms with van der Waals surface area (Å²) in [4.78, 5) is 21.2. The van der Waals surface area contributed by atoms with Crippen molar-refractivity contribution in [3.8, 4) is 0 Å². The first kappa shape index (κ1) is 12.7. The molecular formula is C14H22N4O. The van der Waals surface area contributed by atoms with E-state index in [1.807, 2.05) is 6.92 Å². The van der Waals surface area contributed by atoms with E-state index in [0.29, 0.717) is 17.9 Å². The van der Waals surface area contributed by atoms with Gasteiger partial charge in [0.05, 0.1) is 0 Å². The Morgan fingerprint density at radius 3 is 2.84 bits per heavy atom. The number of hydrogen-bond acceptors (Lipinski definition) is 4. The van der Waals surface area contributed by atoms with Crippen LogP contribution in [-0.4, -0.2) is 35.1 Å². The minimum Gasteiger partial charge on any atom is -0.352 e. The average Bonchev–Trinajstić information content (AvgIpc) is 3.20. The minimum absolute atomic E-state index is 0.0512. The van der Waals surface area contributed by atoms with E-state index in [4.69, 9.17) is 0 Å². The molecule has 0 bridgehead atoms.